The zero-order valence-corrected chi connectivity index (χ0v) is 27.7. The minimum Gasteiger partial charge on any atom is -0.493 e. The van der Waals surface area contributed by atoms with Gasteiger partial charge in [0.25, 0.3) is 11.8 Å². The average Bonchev–Trinajstić information content (AvgIpc) is 3.12. The number of primary amides is 1. The number of ketones is 1. The molecule has 2 unspecified atom stereocenters. The summed E-state index contributed by atoms with van der Waals surface area (Å²) in [5, 5.41) is 3.20. The van der Waals surface area contributed by atoms with Gasteiger partial charge in [-0.1, -0.05) is 18.2 Å². The number of nitrogens with two attached hydrogens (primary N) is 1. The summed E-state index contributed by atoms with van der Waals surface area (Å²) in [5.74, 6) is -4.26. The summed E-state index contributed by atoms with van der Waals surface area (Å²) >= 11 is 0. The van der Waals surface area contributed by atoms with Gasteiger partial charge in [0, 0.05) is 50.7 Å². The van der Waals surface area contributed by atoms with Crippen molar-refractivity contribution in [3.05, 3.63) is 101 Å². The lowest BCUT2D eigenvalue weighted by molar-refractivity contribution is -0.141. The fourth-order valence-electron chi connectivity index (χ4n) is 6.86. The number of halogens is 2. The third-order valence-corrected chi connectivity index (χ3v) is 9.32. The van der Waals surface area contributed by atoms with E-state index in [0.717, 1.165) is 18.2 Å². The minimum absolute atomic E-state index is 0.0109. The van der Waals surface area contributed by atoms with Crippen LogP contribution >= 0.6 is 0 Å². The van der Waals surface area contributed by atoms with E-state index in [2.05, 4.69) is 10.3 Å². The molecule has 3 aromatic carbocycles. The van der Waals surface area contributed by atoms with Gasteiger partial charge in [0.15, 0.2) is 34.4 Å². The molecule has 0 spiro atoms. The molecule has 2 atom stereocenters. The van der Waals surface area contributed by atoms with Gasteiger partial charge in [-0.15, -0.1) is 0 Å². The number of amides is 2. The Morgan fingerprint density at radius 3 is 2.32 bits per heavy atom. The molecule has 2 aliphatic heterocycles. The highest BCUT2D eigenvalue weighted by Crippen LogP contribution is 2.49. The van der Waals surface area contributed by atoms with E-state index in [0.29, 0.717) is 48.5 Å². The van der Waals surface area contributed by atoms with Crippen molar-refractivity contribution < 1.29 is 42.1 Å². The quantitative estimate of drug-likeness (QED) is 0.227. The third kappa shape index (κ3) is 6.09. The van der Waals surface area contributed by atoms with E-state index in [-0.39, 0.29) is 40.7 Å². The fourth-order valence-corrected chi connectivity index (χ4v) is 6.86. The number of hydrogen-bond acceptors (Lipinski definition) is 9. The van der Waals surface area contributed by atoms with Gasteiger partial charge < -0.3 is 34.9 Å². The highest BCUT2D eigenvalue weighted by Gasteiger charge is 2.58. The minimum atomic E-state index is -1.94. The normalized spacial score (nSPS) is 19.5. The summed E-state index contributed by atoms with van der Waals surface area (Å²) in [4.78, 5) is 47.4. The van der Waals surface area contributed by atoms with Crippen molar-refractivity contribution in [3.63, 3.8) is 0 Å². The highest BCUT2D eigenvalue weighted by molar-refractivity contribution is 6.23. The summed E-state index contributed by atoms with van der Waals surface area (Å²) < 4.78 is 53.0. The van der Waals surface area contributed by atoms with Crippen LogP contribution in [0, 0.1) is 17.6 Å². The van der Waals surface area contributed by atoms with Gasteiger partial charge >= 0.3 is 0 Å². The first-order valence-corrected chi connectivity index (χ1v) is 16.0. The maximum absolute atomic E-state index is 16.4. The maximum atomic E-state index is 16.4. The van der Waals surface area contributed by atoms with Gasteiger partial charge in [-0.3, -0.25) is 19.4 Å². The Bertz CT molecular complexity index is 1980. The Balaban J connectivity index is 1.52. The van der Waals surface area contributed by atoms with Crippen LogP contribution in [0.3, 0.4) is 0 Å². The van der Waals surface area contributed by atoms with E-state index >= 15 is 4.39 Å². The van der Waals surface area contributed by atoms with Crippen molar-refractivity contribution >= 4 is 28.5 Å². The zero-order valence-electron chi connectivity index (χ0n) is 27.7. The van der Waals surface area contributed by atoms with Crippen LogP contribution in [-0.4, -0.2) is 68.5 Å². The number of likely N-dealkylation sites (N-methyl/N-ethyl adjacent to an activating group) is 1. The molecule has 1 aromatic heterocycles. The number of fused-ring (bicyclic) bond motifs is 1. The number of pyridine rings is 1. The summed E-state index contributed by atoms with van der Waals surface area (Å²) in [5.41, 5.74) is 4.29. The zero-order chi connectivity index (χ0) is 35.6. The van der Waals surface area contributed by atoms with E-state index in [1.54, 1.807) is 23.1 Å². The first-order valence-electron chi connectivity index (χ1n) is 16.0. The average molecular weight is 687 g/mol. The summed E-state index contributed by atoms with van der Waals surface area (Å²) in [7, 11) is 4.40. The summed E-state index contributed by atoms with van der Waals surface area (Å²) in [6, 6.07) is 14.0. The first-order chi connectivity index (χ1) is 24.1. The molecule has 0 bridgehead atoms. The second kappa shape index (κ2) is 14.1. The topological polar surface area (TPSA) is 142 Å². The Morgan fingerprint density at radius 2 is 1.68 bits per heavy atom. The van der Waals surface area contributed by atoms with E-state index in [4.69, 9.17) is 24.7 Å². The third-order valence-electron chi connectivity index (χ3n) is 9.32. The van der Waals surface area contributed by atoms with Crippen molar-refractivity contribution in [2.75, 3.05) is 41.0 Å². The first kappa shape index (κ1) is 34.3. The lowest BCUT2D eigenvalue weighted by Crippen LogP contribution is -2.62. The molecular weight excluding hydrogens is 650 g/mol. The number of rotatable bonds is 10. The molecule has 3 heterocycles. The van der Waals surface area contributed by atoms with E-state index < -0.39 is 40.7 Å². The molecule has 4 aromatic rings. The number of Topliss-reactive ketones (excluding diaryl/α,β-unsaturated/α-hetero) is 1. The van der Waals surface area contributed by atoms with E-state index in [1.807, 2.05) is 0 Å². The molecule has 0 radical (unpaired) electrons. The molecule has 13 heteroatoms. The van der Waals surface area contributed by atoms with E-state index in [9.17, 15) is 18.8 Å². The molecule has 1 saturated heterocycles. The number of nitrogens with zero attached hydrogens (tertiary/aromatic N) is 2. The molecule has 2 amide bonds. The van der Waals surface area contributed by atoms with Gasteiger partial charge in [0.05, 0.1) is 31.2 Å². The van der Waals surface area contributed by atoms with Gasteiger partial charge in [0.1, 0.15) is 11.6 Å². The number of methoxy groups -OCH3 is 2. The van der Waals surface area contributed by atoms with Crippen molar-refractivity contribution in [1.29, 1.82) is 0 Å². The predicted octanol–water partition coefficient (Wildman–Crippen LogP) is 4.73. The van der Waals surface area contributed by atoms with Crippen LogP contribution < -0.4 is 25.3 Å². The van der Waals surface area contributed by atoms with Crippen LogP contribution in [0.5, 0.6) is 23.0 Å². The number of benzene rings is 3. The highest BCUT2D eigenvalue weighted by atomic mass is 19.1. The maximum Gasteiger partial charge on any atom is 0.253 e. The largest absolute Gasteiger partial charge is 0.493 e. The Labute approximate surface area is 287 Å². The molecule has 3 N–H and O–H groups in total. The molecular formula is C37H36F2N4O7. The summed E-state index contributed by atoms with van der Waals surface area (Å²) in [6.45, 7) is 1.18. The van der Waals surface area contributed by atoms with Gasteiger partial charge in [-0.05, 0) is 66.3 Å². The second-order valence-corrected chi connectivity index (χ2v) is 12.1. The molecule has 0 aliphatic carbocycles. The molecule has 11 nitrogen and oxygen atoms in total. The van der Waals surface area contributed by atoms with Crippen LogP contribution in [0.25, 0.3) is 10.9 Å². The monoisotopic (exact) mass is 686 g/mol. The number of ether oxygens (including phenoxy) is 4. The molecule has 260 valence electrons. The molecule has 6 rings (SSSR count). The number of aromatic nitrogens is 1. The van der Waals surface area contributed by atoms with Crippen molar-refractivity contribution in [3.8, 4) is 23.0 Å². The Kier molecular flexibility index (Phi) is 9.69. The molecule has 1 fully saturated rings. The Hall–Kier alpha value is -5.56. The van der Waals surface area contributed by atoms with Gasteiger partial charge in [0.2, 0.25) is 0 Å². The number of hydrogen-bond donors (Lipinski definition) is 2. The van der Waals surface area contributed by atoms with Crippen LogP contribution in [-0.2, 0) is 24.7 Å². The smallest absolute Gasteiger partial charge is 0.253 e. The van der Waals surface area contributed by atoms with Gasteiger partial charge in [-0.25, -0.2) is 8.78 Å². The lowest BCUT2D eigenvalue weighted by atomic mass is 9.67. The van der Waals surface area contributed by atoms with Crippen molar-refractivity contribution in [2.45, 2.75) is 24.3 Å². The van der Waals surface area contributed by atoms with Crippen molar-refractivity contribution in [2.24, 2.45) is 11.7 Å². The SMILES string of the molecule is CNC(=O)C1(c2ccc(Oc3ccnc4cc(OC)c(OC)cc34)c(F)c2)C(c2ccc(F)cc2)C(=O)C(C(N)=O)=CN1CC1CCOCC1. The number of carbonyl (C=O) groups is 3. The van der Waals surface area contributed by atoms with Crippen LogP contribution in [0.2, 0.25) is 0 Å². The standard InChI is InChI=1S/C37H36F2N4O7/c1-41-36(46)37(23-6-9-30(27(39)16-23)50-29-10-13-42-28-18-32(48-3)31(47-2)17-25(28)29)33(22-4-7-24(38)8-5-22)34(44)26(35(40)45)20-43(37)19-21-11-14-49-15-12-21/h4-10,13,16-18,20-21,33H,11-12,14-15,19H2,1-3H3,(H2,40,45)(H,41,46). The summed E-state index contributed by atoms with van der Waals surface area (Å²) in [6.07, 6.45) is 4.09. The molecule has 50 heavy (non-hydrogen) atoms. The van der Waals surface area contributed by atoms with E-state index in [1.165, 1.54) is 57.9 Å². The second-order valence-electron chi connectivity index (χ2n) is 12.1. The Morgan fingerprint density at radius 1 is 0.980 bits per heavy atom. The van der Waals surface area contributed by atoms with Crippen LogP contribution in [0.15, 0.2) is 78.6 Å². The van der Waals surface area contributed by atoms with Gasteiger partial charge in [-0.2, -0.15) is 0 Å². The van der Waals surface area contributed by atoms with Crippen molar-refractivity contribution in [1.82, 2.24) is 15.2 Å². The number of nitrogens with one attached hydrogen (secondary N) is 1. The molecule has 0 saturated carbocycles. The number of carbonyl (C=O) groups excluding carboxylic acids is 3. The molecule has 2 aliphatic rings. The van der Waals surface area contributed by atoms with Crippen LogP contribution in [0.4, 0.5) is 8.78 Å². The van der Waals surface area contributed by atoms with Crippen LogP contribution in [0.1, 0.15) is 29.9 Å². The fraction of sp³-hybridized carbons (Fsp3) is 0.297. The predicted molar refractivity (Wildman–Crippen MR) is 179 cm³/mol. The lowest BCUT2D eigenvalue weighted by Gasteiger charge is -2.50.